The van der Waals surface area contributed by atoms with Crippen molar-refractivity contribution < 1.29 is 18.7 Å². The Kier molecular flexibility index (Phi) is 5.14. The van der Waals surface area contributed by atoms with E-state index in [0.717, 1.165) is 0 Å². The van der Waals surface area contributed by atoms with Crippen molar-refractivity contribution in [2.75, 3.05) is 26.3 Å². The average molecular weight is 343 g/mol. The summed E-state index contributed by atoms with van der Waals surface area (Å²) in [6, 6.07) is 6.42. The first-order chi connectivity index (χ1) is 12.1. The summed E-state index contributed by atoms with van der Waals surface area (Å²) in [5.74, 6) is 0.227. The monoisotopic (exact) mass is 343 g/mol. The van der Waals surface area contributed by atoms with E-state index in [1.165, 1.54) is 0 Å². The molecule has 2 aromatic rings. The van der Waals surface area contributed by atoms with Crippen LogP contribution in [0.15, 0.2) is 34.9 Å². The van der Waals surface area contributed by atoms with Gasteiger partial charge < -0.3 is 19.4 Å². The number of nitrogens with zero attached hydrogens (tertiary/aromatic N) is 2. The van der Waals surface area contributed by atoms with Gasteiger partial charge in [-0.15, -0.1) is 0 Å². The molecule has 25 heavy (non-hydrogen) atoms. The van der Waals surface area contributed by atoms with Crippen LogP contribution in [0.3, 0.4) is 0 Å². The van der Waals surface area contributed by atoms with Gasteiger partial charge in [-0.3, -0.25) is 9.59 Å². The molecule has 1 fully saturated rings. The maximum Gasteiger partial charge on any atom is 0.253 e. The number of hydrogen-bond acceptors (Lipinski definition) is 5. The van der Waals surface area contributed by atoms with Crippen molar-refractivity contribution in [3.05, 3.63) is 41.8 Å². The van der Waals surface area contributed by atoms with Crippen LogP contribution in [-0.2, 0) is 9.53 Å². The molecule has 7 heteroatoms. The summed E-state index contributed by atoms with van der Waals surface area (Å²) in [5, 5.41) is 2.75. The smallest absolute Gasteiger partial charge is 0.253 e. The van der Waals surface area contributed by atoms with Crippen LogP contribution in [0.2, 0.25) is 0 Å². The van der Waals surface area contributed by atoms with E-state index in [4.69, 9.17) is 9.15 Å². The highest BCUT2D eigenvalue weighted by molar-refractivity contribution is 5.98. The number of carbonyl (C=O) groups is 2. The largest absolute Gasteiger partial charge is 0.463 e. The third kappa shape index (κ3) is 3.88. The van der Waals surface area contributed by atoms with E-state index in [-0.39, 0.29) is 11.8 Å². The van der Waals surface area contributed by atoms with E-state index in [0.29, 0.717) is 49.0 Å². The highest BCUT2D eigenvalue weighted by Gasteiger charge is 2.24. The minimum atomic E-state index is -0.602. The van der Waals surface area contributed by atoms with Crippen LogP contribution in [0.5, 0.6) is 0 Å². The Morgan fingerprint density at radius 2 is 2.00 bits per heavy atom. The number of furan rings is 1. The Morgan fingerprint density at radius 3 is 2.64 bits per heavy atom. The van der Waals surface area contributed by atoms with E-state index in [1.807, 2.05) is 6.07 Å². The summed E-state index contributed by atoms with van der Waals surface area (Å²) in [6.07, 6.45) is 1.58. The van der Waals surface area contributed by atoms with Crippen molar-refractivity contribution in [2.24, 2.45) is 0 Å². The summed E-state index contributed by atoms with van der Waals surface area (Å²) >= 11 is 0. The molecule has 1 atom stereocenters. The van der Waals surface area contributed by atoms with Crippen molar-refractivity contribution in [2.45, 2.75) is 19.9 Å². The number of aryl methyl sites for hydroxylation is 1. The molecule has 0 bridgehead atoms. The second kappa shape index (κ2) is 7.48. The Hall–Kier alpha value is -2.67. The first-order valence-corrected chi connectivity index (χ1v) is 8.25. The molecule has 3 rings (SSSR count). The molecular weight excluding hydrogens is 322 g/mol. The predicted octanol–water partition coefficient (Wildman–Crippen LogP) is 1.63. The molecular formula is C18H21N3O4. The van der Waals surface area contributed by atoms with Gasteiger partial charge in [-0.1, -0.05) is 0 Å². The molecule has 0 unspecified atom stereocenters. The van der Waals surface area contributed by atoms with Gasteiger partial charge in [-0.2, -0.15) is 0 Å². The lowest BCUT2D eigenvalue weighted by atomic mass is 10.1. The van der Waals surface area contributed by atoms with Crippen LogP contribution in [0.4, 0.5) is 0 Å². The molecule has 7 nitrogen and oxygen atoms in total. The van der Waals surface area contributed by atoms with Crippen LogP contribution in [0, 0.1) is 6.92 Å². The number of nitrogens with one attached hydrogen (secondary N) is 1. The zero-order valence-corrected chi connectivity index (χ0v) is 14.3. The molecule has 1 N–H and O–H groups in total. The summed E-state index contributed by atoms with van der Waals surface area (Å²) in [6.45, 7) is 5.62. The fraction of sp³-hybridized carbons (Fsp3) is 0.389. The molecule has 0 spiro atoms. The molecule has 1 aliphatic rings. The normalized spacial score (nSPS) is 15.7. The Morgan fingerprint density at radius 1 is 1.24 bits per heavy atom. The zero-order valence-electron chi connectivity index (χ0n) is 14.3. The van der Waals surface area contributed by atoms with Gasteiger partial charge in [-0.25, -0.2) is 4.98 Å². The summed E-state index contributed by atoms with van der Waals surface area (Å²) in [7, 11) is 0. The zero-order chi connectivity index (χ0) is 17.8. The van der Waals surface area contributed by atoms with Gasteiger partial charge in [-0.05, 0) is 38.1 Å². The lowest BCUT2D eigenvalue weighted by Crippen LogP contribution is -2.50. The van der Waals surface area contributed by atoms with E-state index in [9.17, 15) is 9.59 Å². The van der Waals surface area contributed by atoms with E-state index in [2.05, 4.69) is 10.3 Å². The Bertz CT molecular complexity index is 752. The molecule has 1 aliphatic heterocycles. The standard InChI is InChI=1S/C18H21N3O4/c1-12-14(5-6-15(19-12)16-4-3-9-25-16)17(22)20-13(2)18(23)21-7-10-24-11-8-21/h3-6,9,13H,7-8,10-11H2,1-2H3,(H,20,22)/t13-/m1/s1. The van der Waals surface area contributed by atoms with E-state index >= 15 is 0 Å². The van der Waals surface area contributed by atoms with Crippen molar-refractivity contribution in [1.82, 2.24) is 15.2 Å². The Balaban J connectivity index is 1.67. The third-order valence-electron chi connectivity index (χ3n) is 4.14. The van der Waals surface area contributed by atoms with Crippen molar-refractivity contribution >= 4 is 11.8 Å². The minimum Gasteiger partial charge on any atom is -0.463 e. The van der Waals surface area contributed by atoms with Gasteiger partial charge >= 0.3 is 0 Å². The molecule has 2 amide bonds. The second-order valence-electron chi connectivity index (χ2n) is 5.94. The summed E-state index contributed by atoms with van der Waals surface area (Å²) < 4.78 is 10.6. The van der Waals surface area contributed by atoms with E-state index in [1.54, 1.807) is 43.2 Å². The quantitative estimate of drug-likeness (QED) is 0.912. The predicted molar refractivity (Wildman–Crippen MR) is 91.0 cm³/mol. The van der Waals surface area contributed by atoms with Gasteiger partial charge in [0.25, 0.3) is 5.91 Å². The molecule has 0 aromatic carbocycles. The lowest BCUT2D eigenvalue weighted by molar-refractivity contribution is -0.136. The SMILES string of the molecule is Cc1nc(-c2ccco2)ccc1C(=O)N[C@H](C)C(=O)N1CCOCC1. The third-order valence-corrected chi connectivity index (χ3v) is 4.14. The molecule has 3 heterocycles. The van der Waals surface area contributed by atoms with Gasteiger partial charge in [0, 0.05) is 13.1 Å². The number of pyridine rings is 1. The van der Waals surface area contributed by atoms with Crippen molar-refractivity contribution in [1.29, 1.82) is 0 Å². The second-order valence-corrected chi connectivity index (χ2v) is 5.94. The molecule has 2 aromatic heterocycles. The first-order valence-electron chi connectivity index (χ1n) is 8.25. The number of morpholine rings is 1. The highest BCUT2D eigenvalue weighted by atomic mass is 16.5. The molecule has 132 valence electrons. The molecule has 0 radical (unpaired) electrons. The number of aromatic nitrogens is 1. The van der Waals surface area contributed by atoms with Gasteiger partial charge in [0.2, 0.25) is 5.91 Å². The van der Waals surface area contributed by atoms with Gasteiger partial charge in [0.1, 0.15) is 11.7 Å². The lowest BCUT2D eigenvalue weighted by Gasteiger charge is -2.29. The van der Waals surface area contributed by atoms with Crippen molar-refractivity contribution in [3.63, 3.8) is 0 Å². The van der Waals surface area contributed by atoms with Gasteiger partial charge in [0.05, 0.1) is 30.7 Å². The maximum absolute atomic E-state index is 12.5. The van der Waals surface area contributed by atoms with Gasteiger partial charge in [0.15, 0.2) is 5.76 Å². The number of hydrogen-bond donors (Lipinski definition) is 1. The molecule has 0 aliphatic carbocycles. The topological polar surface area (TPSA) is 84.7 Å². The number of ether oxygens (including phenoxy) is 1. The fourth-order valence-electron chi connectivity index (χ4n) is 2.76. The first kappa shape index (κ1) is 17.2. The van der Waals surface area contributed by atoms with Crippen LogP contribution in [-0.4, -0.2) is 54.0 Å². The number of rotatable bonds is 4. The average Bonchev–Trinajstić information content (AvgIpc) is 3.16. The fourth-order valence-corrected chi connectivity index (χ4v) is 2.76. The molecule has 0 saturated carbocycles. The highest BCUT2D eigenvalue weighted by Crippen LogP contribution is 2.19. The molecule has 1 saturated heterocycles. The summed E-state index contributed by atoms with van der Waals surface area (Å²) in [5.41, 5.74) is 1.69. The Labute approximate surface area is 146 Å². The van der Waals surface area contributed by atoms with Crippen LogP contribution in [0.25, 0.3) is 11.5 Å². The van der Waals surface area contributed by atoms with Crippen LogP contribution >= 0.6 is 0 Å². The van der Waals surface area contributed by atoms with Crippen LogP contribution in [0.1, 0.15) is 23.0 Å². The van der Waals surface area contributed by atoms with Crippen molar-refractivity contribution in [3.8, 4) is 11.5 Å². The summed E-state index contributed by atoms with van der Waals surface area (Å²) in [4.78, 5) is 31.0. The number of carbonyl (C=O) groups excluding carboxylic acids is 2. The maximum atomic E-state index is 12.5. The minimum absolute atomic E-state index is 0.102. The van der Waals surface area contributed by atoms with E-state index < -0.39 is 6.04 Å². The van der Waals surface area contributed by atoms with Crippen LogP contribution < -0.4 is 5.32 Å². The number of amides is 2.